The van der Waals surface area contributed by atoms with Crippen molar-refractivity contribution in [2.45, 2.75) is 46.5 Å². The van der Waals surface area contributed by atoms with Crippen molar-refractivity contribution in [1.82, 2.24) is 4.98 Å². The lowest BCUT2D eigenvalue weighted by Gasteiger charge is -2.37. The third kappa shape index (κ3) is 3.26. The van der Waals surface area contributed by atoms with Gasteiger partial charge in [-0.05, 0) is 36.8 Å². The van der Waals surface area contributed by atoms with Crippen molar-refractivity contribution in [3.05, 3.63) is 21.9 Å². The SMILES string of the molecule is Cc1cc(Cl)nc(Cl)c1NC(=O)C1CCCCC1(C)C. The van der Waals surface area contributed by atoms with Crippen LogP contribution in [-0.4, -0.2) is 10.9 Å². The first-order valence-electron chi connectivity index (χ1n) is 6.95. The van der Waals surface area contributed by atoms with Crippen LogP contribution in [0.1, 0.15) is 45.1 Å². The third-order valence-electron chi connectivity index (χ3n) is 4.21. The summed E-state index contributed by atoms with van der Waals surface area (Å²) in [6, 6.07) is 1.70. The Hall–Kier alpha value is -0.800. The molecule has 2 rings (SSSR count). The first-order chi connectivity index (χ1) is 9.31. The molecule has 0 aromatic carbocycles. The van der Waals surface area contributed by atoms with E-state index in [0.29, 0.717) is 10.8 Å². The fraction of sp³-hybridized carbons (Fsp3) is 0.600. The summed E-state index contributed by atoms with van der Waals surface area (Å²) >= 11 is 11.9. The standard InChI is InChI=1S/C15H20Cl2N2O/c1-9-8-11(16)18-13(17)12(9)19-14(20)10-6-4-5-7-15(10,2)3/h8,10H,4-7H2,1-3H3,(H,19,20). The van der Waals surface area contributed by atoms with Crippen molar-refractivity contribution in [1.29, 1.82) is 0 Å². The molecular weight excluding hydrogens is 295 g/mol. The first-order valence-corrected chi connectivity index (χ1v) is 7.70. The number of aromatic nitrogens is 1. The lowest BCUT2D eigenvalue weighted by Crippen LogP contribution is -2.37. The number of aryl methyl sites for hydroxylation is 1. The second-order valence-corrected chi connectivity index (χ2v) is 6.95. The zero-order valence-electron chi connectivity index (χ0n) is 12.1. The van der Waals surface area contributed by atoms with Crippen LogP contribution >= 0.6 is 23.2 Å². The van der Waals surface area contributed by atoms with Gasteiger partial charge in [0.1, 0.15) is 5.15 Å². The van der Waals surface area contributed by atoms with Gasteiger partial charge in [-0.15, -0.1) is 0 Å². The summed E-state index contributed by atoms with van der Waals surface area (Å²) in [6.45, 7) is 6.18. The number of halogens is 2. The van der Waals surface area contributed by atoms with Gasteiger partial charge in [0.05, 0.1) is 5.69 Å². The highest BCUT2D eigenvalue weighted by Gasteiger charge is 2.37. The van der Waals surface area contributed by atoms with Crippen LogP contribution in [0.5, 0.6) is 0 Å². The minimum Gasteiger partial charge on any atom is -0.323 e. The molecule has 5 heteroatoms. The average molecular weight is 315 g/mol. The summed E-state index contributed by atoms with van der Waals surface area (Å²) in [5, 5.41) is 3.52. The molecule has 1 saturated carbocycles. The zero-order chi connectivity index (χ0) is 14.9. The number of nitrogens with one attached hydrogen (secondary N) is 1. The monoisotopic (exact) mass is 314 g/mol. The van der Waals surface area contributed by atoms with E-state index in [9.17, 15) is 4.79 Å². The van der Waals surface area contributed by atoms with Gasteiger partial charge in [0.2, 0.25) is 5.91 Å². The van der Waals surface area contributed by atoms with Crippen LogP contribution in [0.15, 0.2) is 6.07 Å². The molecule has 0 saturated heterocycles. The van der Waals surface area contributed by atoms with Crippen LogP contribution in [-0.2, 0) is 4.79 Å². The summed E-state index contributed by atoms with van der Waals surface area (Å²) in [6.07, 6.45) is 4.30. The molecule has 1 atom stereocenters. The van der Waals surface area contributed by atoms with Crippen LogP contribution in [0, 0.1) is 18.3 Å². The second-order valence-electron chi connectivity index (χ2n) is 6.20. The molecule has 0 bridgehead atoms. The van der Waals surface area contributed by atoms with Crippen molar-refractivity contribution in [2.75, 3.05) is 5.32 Å². The molecule has 1 amide bonds. The van der Waals surface area contributed by atoms with Crippen LogP contribution in [0.25, 0.3) is 0 Å². The molecule has 3 nitrogen and oxygen atoms in total. The summed E-state index contributed by atoms with van der Waals surface area (Å²) < 4.78 is 0. The lowest BCUT2D eigenvalue weighted by molar-refractivity contribution is -0.124. The molecule has 1 unspecified atom stereocenters. The summed E-state index contributed by atoms with van der Waals surface area (Å²) in [7, 11) is 0. The Morgan fingerprint density at radius 2 is 2.10 bits per heavy atom. The van der Waals surface area contributed by atoms with Crippen LogP contribution in [0.3, 0.4) is 0 Å². The summed E-state index contributed by atoms with van der Waals surface area (Å²) in [5.74, 6) is 0.0474. The van der Waals surface area contributed by atoms with Crippen molar-refractivity contribution >= 4 is 34.8 Å². The Morgan fingerprint density at radius 3 is 2.70 bits per heavy atom. The number of carbonyl (C=O) groups excluding carboxylic acids is 1. The predicted molar refractivity (Wildman–Crippen MR) is 83.4 cm³/mol. The Morgan fingerprint density at radius 1 is 1.40 bits per heavy atom. The van der Waals surface area contributed by atoms with Gasteiger partial charge in [-0.1, -0.05) is 49.9 Å². The van der Waals surface area contributed by atoms with E-state index in [2.05, 4.69) is 24.1 Å². The quantitative estimate of drug-likeness (QED) is 0.793. The van der Waals surface area contributed by atoms with E-state index in [1.807, 2.05) is 6.92 Å². The lowest BCUT2D eigenvalue weighted by atomic mass is 9.68. The Labute approximate surface area is 130 Å². The highest BCUT2D eigenvalue weighted by atomic mass is 35.5. The number of amides is 1. The fourth-order valence-corrected chi connectivity index (χ4v) is 3.51. The largest absolute Gasteiger partial charge is 0.323 e. The van der Waals surface area contributed by atoms with Crippen molar-refractivity contribution in [3.63, 3.8) is 0 Å². The van der Waals surface area contributed by atoms with Gasteiger partial charge in [-0.2, -0.15) is 0 Å². The molecule has 1 aliphatic rings. The minimum atomic E-state index is 0.0161. The number of hydrogen-bond acceptors (Lipinski definition) is 2. The van der Waals surface area contributed by atoms with Gasteiger partial charge in [-0.25, -0.2) is 4.98 Å². The maximum Gasteiger partial charge on any atom is 0.228 e. The van der Waals surface area contributed by atoms with E-state index in [1.165, 1.54) is 6.42 Å². The summed E-state index contributed by atoms with van der Waals surface area (Å²) in [5.41, 5.74) is 1.43. The van der Waals surface area contributed by atoms with E-state index < -0.39 is 0 Å². The zero-order valence-corrected chi connectivity index (χ0v) is 13.6. The molecule has 110 valence electrons. The fourth-order valence-electron chi connectivity index (χ4n) is 2.94. The van der Waals surface area contributed by atoms with E-state index in [0.717, 1.165) is 24.8 Å². The van der Waals surface area contributed by atoms with Crippen molar-refractivity contribution in [2.24, 2.45) is 11.3 Å². The number of pyridine rings is 1. The molecule has 1 heterocycles. The molecule has 0 spiro atoms. The minimum absolute atomic E-state index is 0.0161. The van der Waals surface area contributed by atoms with E-state index in [4.69, 9.17) is 23.2 Å². The van der Waals surface area contributed by atoms with Crippen LogP contribution < -0.4 is 5.32 Å². The second kappa shape index (κ2) is 5.90. The molecular formula is C15H20Cl2N2O. The molecule has 1 N–H and O–H groups in total. The molecule has 1 aliphatic carbocycles. The van der Waals surface area contributed by atoms with Gasteiger partial charge in [0.15, 0.2) is 5.15 Å². The number of carbonyl (C=O) groups is 1. The number of anilines is 1. The van der Waals surface area contributed by atoms with Crippen molar-refractivity contribution in [3.8, 4) is 0 Å². The topological polar surface area (TPSA) is 42.0 Å². The van der Waals surface area contributed by atoms with E-state index in [-0.39, 0.29) is 22.4 Å². The Balaban J connectivity index is 2.20. The Kier molecular flexibility index (Phi) is 4.60. The molecule has 1 aromatic heterocycles. The highest BCUT2D eigenvalue weighted by Crippen LogP contribution is 2.41. The van der Waals surface area contributed by atoms with Gasteiger partial charge in [0.25, 0.3) is 0 Å². The smallest absolute Gasteiger partial charge is 0.228 e. The number of rotatable bonds is 2. The van der Waals surface area contributed by atoms with Gasteiger partial charge >= 0.3 is 0 Å². The molecule has 1 aromatic rings. The predicted octanol–water partition coefficient (Wildman–Crippen LogP) is 4.85. The maximum absolute atomic E-state index is 12.5. The molecule has 20 heavy (non-hydrogen) atoms. The third-order valence-corrected chi connectivity index (χ3v) is 4.68. The Bertz CT molecular complexity index is 506. The van der Waals surface area contributed by atoms with Crippen LogP contribution in [0.2, 0.25) is 10.3 Å². The molecule has 0 aliphatic heterocycles. The normalized spacial score (nSPS) is 21.6. The maximum atomic E-state index is 12.5. The first kappa shape index (κ1) is 15.6. The average Bonchev–Trinajstić information content (AvgIpc) is 2.32. The van der Waals surface area contributed by atoms with Crippen molar-refractivity contribution < 1.29 is 4.79 Å². The molecule has 0 radical (unpaired) electrons. The van der Waals surface area contributed by atoms with Gasteiger partial charge in [-0.3, -0.25) is 4.79 Å². The number of nitrogens with zero attached hydrogens (tertiary/aromatic N) is 1. The highest BCUT2D eigenvalue weighted by molar-refractivity contribution is 6.34. The van der Waals surface area contributed by atoms with Gasteiger partial charge in [0, 0.05) is 5.92 Å². The number of hydrogen-bond donors (Lipinski definition) is 1. The molecule has 1 fully saturated rings. The summed E-state index contributed by atoms with van der Waals surface area (Å²) in [4.78, 5) is 16.5. The van der Waals surface area contributed by atoms with E-state index in [1.54, 1.807) is 6.07 Å². The van der Waals surface area contributed by atoms with Crippen LogP contribution in [0.4, 0.5) is 5.69 Å². The van der Waals surface area contributed by atoms with Gasteiger partial charge < -0.3 is 5.32 Å². The van der Waals surface area contributed by atoms with E-state index >= 15 is 0 Å².